The van der Waals surface area contributed by atoms with E-state index in [9.17, 15) is 4.79 Å². The molecular weight excluding hydrogens is 224 g/mol. The van der Waals surface area contributed by atoms with Crippen molar-refractivity contribution < 1.29 is 9.90 Å². The van der Waals surface area contributed by atoms with Crippen molar-refractivity contribution in [1.82, 2.24) is 0 Å². The fraction of sp³-hybridized carbons (Fsp3) is 0.438. The van der Waals surface area contributed by atoms with E-state index in [4.69, 9.17) is 5.11 Å². The topological polar surface area (TPSA) is 37.3 Å². The molecule has 1 aromatic rings. The number of aliphatic carboxylic acids is 1. The molecule has 0 radical (unpaired) electrons. The van der Waals surface area contributed by atoms with Crippen LogP contribution < -0.4 is 0 Å². The second kappa shape index (κ2) is 6.86. The van der Waals surface area contributed by atoms with E-state index in [0.717, 1.165) is 12.0 Å². The first-order chi connectivity index (χ1) is 8.52. The summed E-state index contributed by atoms with van der Waals surface area (Å²) in [4.78, 5) is 10.8. The second-order valence-corrected chi connectivity index (χ2v) is 4.88. The first-order valence-electron chi connectivity index (χ1n) is 6.25. The van der Waals surface area contributed by atoms with Crippen LogP contribution in [0.15, 0.2) is 24.3 Å². The molecular formula is C16H20O2. The molecule has 1 atom stereocenters. The molecule has 1 N–H and O–H groups in total. The Hall–Kier alpha value is -1.75. The number of carboxylic acid groups (broad SMARTS) is 1. The summed E-state index contributed by atoms with van der Waals surface area (Å²) in [5.41, 5.74) is 2.27. The first-order valence-corrected chi connectivity index (χ1v) is 6.25. The normalized spacial score (nSPS) is 11.8. The second-order valence-electron chi connectivity index (χ2n) is 4.88. The predicted octanol–water partition coefficient (Wildman–Crippen LogP) is 3.47. The van der Waals surface area contributed by atoms with Crippen molar-refractivity contribution in [2.45, 2.75) is 39.5 Å². The molecule has 1 rings (SSSR count). The van der Waals surface area contributed by atoms with Gasteiger partial charge in [-0.05, 0) is 30.4 Å². The Morgan fingerprint density at radius 1 is 1.28 bits per heavy atom. The molecule has 0 spiro atoms. The van der Waals surface area contributed by atoms with Gasteiger partial charge in [-0.2, -0.15) is 0 Å². The summed E-state index contributed by atoms with van der Waals surface area (Å²) in [7, 11) is 0. The van der Waals surface area contributed by atoms with Crippen molar-refractivity contribution in [3.63, 3.8) is 0 Å². The van der Waals surface area contributed by atoms with Gasteiger partial charge in [-0.3, -0.25) is 4.79 Å². The fourth-order valence-corrected chi connectivity index (χ4v) is 1.96. The highest BCUT2D eigenvalue weighted by atomic mass is 16.4. The van der Waals surface area contributed by atoms with Gasteiger partial charge in [0.1, 0.15) is 0 Å². The molecule has 0 fully saturated rings. The van der Waals surface area contributed by atoms with E-state index in [2.05, 4.69) is 37.8 Å². The van der Waals surface area contributed by atoms with Crippen molar-refractivity contribution in [3.8, 4) is 11.8 Å². The summed E-state index contributed by atoms with van der Waals surface area (Å²) in [5, 5.41) is 8.88. The summed E-state index contributed by atoms with van der Waals surface area (Å²) in [6.45, 7) is 6.11. The number of carbonyl (C=O) groups is 1. The number of carboxylic acids is 1. The fourth-order valence-electron chi connectivity index (χ4n) is 1.96. The number of hydrogen-bond acceptors (Lipinski definition) is 1. The zero-order valence-corrected chi connectivity index (χ0v) is 11.2. The zero-order valence-electron chi connectivity index (χ0n) is 11.2. The van der Waals surface area contributed by atoms with Gasteiger partial charge in [-0.25, -0.2) is 0 Å². The molecule has 1 unspecified atom stereocenters. The van der Waals surface area contributed by atoms with Crippen LogP contribution in [0.1, 0.15) is 44.2 Å². The molecule has 18 heavy (non-hydrogen) atoms. The van der Waals surface area contributed by atoms with E-state index in [0.29, 0.717) is 5.92 Å². The Morgan fingerprint density at radius 2 is 1.89 bits per heavy atom. The van der Waals surface area contributed by atoms with Crippen molar-refractivity contribution in [1.29, 1.82) is 0 Å². The Morgan fingerprint density at radius 3 is 2.33 bits per heavy atom. The van der Waals surface area contributed by atoms with Crippen LogP contribution in [0.5, 0.6) is 0 Å². The van der Waals surface area contributed by atoms with Crippen LogP contribution in [0.3, 0.4) is 0 Å². The summed E-state index contributed by atoms with van der Waals surface area (Å²) >= 11 is 0. The van der Waals surface area contributed by atoms with Gasteiger partial charge in [0.2, 0.25) is 0 Å². The molecule has 96 valence electrons. The van der Waals surface area contributed by atoms with Crippen LogP contribution >= 0.6 is 0 Å². The van der Waals surface area contributed by atoms with Gasteiger partial charge >= 0.3 is 5.97 Å². The highest BCUT2D eigenvalue weighted by molar-refractivity contribution is 5.69. The van der Waals surface area contributed by atoms with Crippen LogP contribution in [-0.4, -0.2) is 11.1 Å². The molecule has 0 aliphatic carbocycles. The molecule has 0 aliphatic heterocycles. The Balaban J connectivity index is 2.85. The van der Waals surface area contributed by atoms with Crippen LogP contribution in [0, 0.1) is 17.8 Å². The standard InChI is InChI=1S/C16H20O2/c1-4-5-15(11-16(17)18)14-8-6-13(7-9-14)10-12(2)3/h6-9,12,15H,10-11H2,1-3H3,(H,17,18). The summed E-state index contributed by atoms with van der Waals surface area (Å²) < 4.78 is 0. The molecule has 0 amide bonds. The molecule has 0 heterocycles. The predicted molar refractivity (Wildman–Crippen MR) is 73.4 cm³/mol. The molecule has 0 saturated heterocycles. The van der Waals surface area contributed by atoms with Crippen molar-refractivity contribution in [2.24, 2.45) is 5.92 Å². The maximum atomic E-state index is 10.8. The molecule has 1 aromatic carbocycles. The largest absolute Gasteiger partial charge is 0.481 e. The number of benzene rings is 1. The molecule has 0 aliphatic rings. The Bertz CT molecular complexity index is 446. The highest BCUT2D eigenvalue weighted by Gasteiger charge is 2.12. The van der Waals surface area contributed by atoms with Gasteiger partial charge in [0.25, 0.3) is 0 Å². The molecule has 2 nitrogen and oxygen atoms in total. The summed E-state index contributed by atoms with van der Waals surface area (Å²) in [6, 6.07) is 8.13. The Kier molecular flexibility index (Phi) is 5.45. The SMILES string of the molecule is CC#CC(CC(=O)O)c1ccc(CC(C)C)cc1. The first kappa shape index (κ1) is 14.3. The molecule has 0 aromatic heterocycles. The van der Waals surface area contributed by atoms with Gasteiger partial charge in [-0.15, -0.1) is 5.92 Å². The van der Waals surface area contributed by atoms with E-state index in [1.54, 1.807) is 6.92 Å². The number of rotatable bonds is 5. The van der Waals surface area contributed by atoms with Gasteiger partial charge in [0.05, 0.1) is 12.3 Å². The number of hydrogen-bond donors (Lipinski definition) is 1. The van der Waals surface area contributed by atoms with Gasteiger partial charge in [-0.1, -0.05) is 44.0 Å². The van der Waals surface area contributed by atoms with Gasteiger partial charge in [0.15, 0.2) is 0 Å². The lowest BCUT2D eigenvalue weighted by molar-refractivity contribution is -0.137. The minimum absolute atomic E-state index is 0.0599. The van der Waals surface area contributed by atoms with Crippen LogP contribution in [0.2, 0.25) is 0 Å². The van der Waals surface area contributed by atoms with Crippen molar-refractivity contribution in [3.05, 3.63) is 35.4 Å². The minimum atomic E-state index is -0.811. The lowest BCUT2D eigenvalue weighted by Crippen LogP contribution is -2.05. The Labute approximate surface area is 109 Å². The maximum absolute atomic E-state index is 10.8. The van der Waals surface area contributed by atoms with E-state index in [1.165, 1.54) is 5.56 Å². The van der Waals surface area contributed by atoms with E-state index < -0.39 is 5.97 Å². The maximum Gasteiger partial charge on any atom is 0.304 e. The third kappa shape index (κ3) is 4.63. The van der Waals surface area contributed by atoms with Crippen molar-refractivity contribution in [2.75, 3.05) is 0 Å². The molecule has 0 bridgehead atoms. The third-order valence-electron chi connectivity index (χ3n) is 2.72. The van der Waals surface area contributed by atoms with E-state index in [1.807, 2.05) is 12.1 Å². The molecule has 0 saturated carbocycles. The van der Waals surface area contributed by atoms with Crippen LogP contribution in [-0.2, 0) is 11.2 Å². The van der Waals surface area contributed by atoms with Crippen LogP contribution in [0.25, 0.3) is 0 Å². The third-order valence-corrected chi connectivity index (χ3v) is 2.72. The van der Waals surface area contributed by atoms with E-state index in [-0.39, 0.29) is 12.3 Å². The van der Waals surface area contributed by atoms with E-state index >= 15 is 0 Å². The van der Waals surface area contributed by atoms with Gasteiger partial charge < -0.3 is 5.11 Å². The average molecular weight is 244 g/mol. The quantitative estimate of drug-likeness (QED) is 0.805. The average Bonchev–Trinajstić information content (AvgIpc) is 2.28. The lowest BCUT2D eigenvalue weighted by Gasteiger charge is -2.10. The van der Waals surface area contributed by atoms with Gasteiger partial charge in [0, 0.05) is 0 Å². The molecule has 2 heteroatoms. The monoisotopic (exact) mass is 244 g/mol. The van der Waals surface area contributed by atoms with Crippen LogP contribution in [0.4, 0.5) is 0 Å². The lowest BCUT2D eigenvalue weighted by atomic mass is 9.94. The smallest absolute Gasteiger partial charge is 0.304 e. The highest BCUT2D eigenvalue weighted by Crippen LogP contribution is 2.20. The summed E-state index contributed by atoms with van der Waals surface area (Å²) in [6.07, 6.45) is 1.10. The summed E-state index contributed by atoms with van der Waals surface area (Å²) in [5.74, 6) is 5.37. The minimum Gasteiger partial charge on any atom is -0.481 e. The zero-order chi connectivity index (χ0) is 13.5. The van der Waals surface area contributed by atoms with Crippen molar-refractivity contribution >= 4 is 5.97 Å².